The highest BCUT2D eigenvalue weighted by molar-refractivity contribution is 5.94. The van der Waals surface area contributed by atoms with Gasteiger partial charge in [-0.1, -0.05) is 31.4 Å². The van der Waals surface area contributed by atoms with Crippen LogP contribution in [-0.2, 0) is 11.3 Å². The minimum atomic E-state index is -0.0313. The van der Waals surface area contributed by atoms with Crippen molar-refractivity contribution in [3.05, 3.63) is 41.7 Å². The van der Waals surface area contributed by atoms with Crippen LogP contribution in [0.3, 0.4) is 0 Å². The van der Waals surface area contributed by atoms with Gasteiger partial charge in [0, 0.05) is 31.7 Å². The Morgan fingerprint density at radius 1 is 0.929 bits per heavy atom. The van der Waals surface area contributed by atoms with Crippen LogP contribution in [0.5, 0.6) is 0 Å². The quantitative estimate of drug-likeness (QED) is 0.804. The Hall–Kier alpha value is -2.77. The predicted octanol–water partition coefficient (Wildman–Crippen LogP) is 1.71. The first-order chi connectivity index (χ1) is 13.7. The van der Waals surface area contributed by atoms with Gasteiger partial charge in [0.15, 0.2) is 0 Å². The van der Waals surface area contributed by atoms with Crippen LogP contribution in [0, 0.1) is 0 Å². The average Bonchev–Trinajstić information content (AvgIpc) is 3.27. The molecule has 8 heteroatoms. The van der Waals surface area contributed by atoms with Gasteiger partial charge in [0.05, 0.1) is 0 Å². The number of carbonyl (C=O) groups is 2. The molecule has 2 heterocycles. The summed E-state index contributed by atoms with van der Waals surface area (Å²) in [6, 6.07) is 8.16. The molecule has 0 unspecified atom stereocenters. The largest absolute Gasteiger partial charge is 0.338 e. The summed E-state index contributed by atoms with van der Waals surface area (Å²) in [6.45, 7) is 2.29. The Morgan fingerprint density at radius 2 is 1.61 bits per heavy atom. The van der Waals surface area contributed by atoms with Gasteiger partial charge in [-0.05, 0) is 46.9 Å². The zero-order valence-corrected chi connectivity index (χ0v) is 16.0. The van der Waals surface area contributed by atoms with Crippen molar-refractivity contribution in [1.29, 1.82) is 0 Å². The SMILES string of the molecule is O=C(Cn1cnnn1)N1CCN(C(=O)c2ccc(C3CCCCC3)cc2)CC1. The third-order valence-corrected chi connectivity index (χ3v) is 5.84. The lowest BCUT2D eigenvalue weighted by atomic mass is 9.84. The van der Waals surface area contributed by atoms with Crippen molar-refractivity contribution >= 4 is 11.8 Å². The summed E-state index contributed by atoms with van der Waals surface area (Å²) >= 11 is 0. The van der Waals surface area contributed by atoms with Gasteiger partial charge in [-0.2, -0.15) is 0 Å². The fourth-order valence-electron chi connectivity index (χ4n) is 4.17. The second kappa shape index (κ2) is 8.50. The zero-order valence-electron chi connectivity index (χ0n) is 16.0. The molecule has 0 N–H and O–H groups in total. The van der Waals surface area contributed by atoms with Crippen LogP contribution in [0.2, 0.25) is 0 Å². The molecule has 2 amide bonds. The van der Waals surface area contributed by atoms with E-state index < -0.39 is 0 Å². The minimum Gasteiger partial charge on any atom is -0.338 e. The number of amides is 2. The summed E-state index contributed by atoms with van der Waals surface area (Å²) in [5, 5.41) is 10.8. The molecule has 0 bridgehead atoms. The number of tetrazole rings is 1. The molecular weight excluding hydrogens is 356 g/mol. The number of piperazine rings is 1. The molecule has 0 atom stereocenters. The van der Waals surface area contributed by atoms with E-state index in [2.05, 4.69) is 27.7 Å². The fourth-order valence-corrected chi connectivity index (χ4v) is 4.17. The molecule has 2 fully saturated rings. The van der Waals surface area contributed by atoms with Gasteiger partial charge < -0.3 is 9.80 Å². The summed E-state index contributed by atoms with van der Waals surface area (Å²) in [5.41, 5.74) is 2.09. The third-order valence-electron chi connectivity index (χ3n) is 5.84. The summed E-state index contributed by atoms with van der Waals surface area (Å²) in [7, 11) is 0. The maximum absolute atomic E-state index is 12.8. The lowest BCUT2D eigenvalue weighted by molar-refractivity contribution is -0.133. The van der Waals surface area contributed by atoms with Gasteiger partial charge in [-0.3, -0.25) is 9.59 Å². The summed E-state index contributed by atoms with van der Waals surface area (Å²) in [5.74, 6) is 0.659. The first-order valence-corrected chi connectivity index (χ1v) is 10.1. The molecule has 1 aliphatic heterocycles. The maximum atomic E-state index is 12.8. The second-order valence-electron chi connectivity index (χ2n) is 7.64. The van der Waals surface area contributed by atoms with Crippen molar-refractivity contribution in [2.75, 3.05) is 26.2 Å². The Balaban J connectivity index is 1.30. The van der Waals surface area contributed by atoms with Crippen LogP contribution < -0.4 is 0 Å². The number of carbonyl (C=O) groups excluding carboxylic acids is 2. The van der Waals surface area contributed by atoms with Crippen LogP contribution in [-0.4, -0.2) is 68.0 Å². The van der Waals surface area contributed by atoms with Crippen molar-refractivity contribution in [2.45, 2.75) is 44.6 Å². The van der Waals surface area contributed by atoms with Crippen molar-refractivity contribution in [3.8, 4) is 0 Å². The van der Waals surface area contributed by atoms with E-state index in [0.29, 0.717) is 32.1 Å². The third kappa shape index (κ3) is 4.21. The zero-order chi connectivity index (χ0) is 19.3. The molecule has 0 spiro atoms. The molecule has 1 aromatic heterocycles. The Kier molecular flexibility index (Phi) is 5.64. The number of rotatable bonds is 4. The smallest absolute Gasteiger partial charge is 0.253 e. The topological polar surface area (TPSA) is 84.2 Å². The van der Waals surface area contributed by atoms with E-state index in [1.54, 1.807) is 4.90 Å². The number of hydrogen-bond acceptors (Lipinski definition) is 5. The molecule has 2 aliphatic rings. The van der Waals surface area contributed by atoms with Crippen molar-refractivity contribution in [3.63, 3.8) is 0 Å². The molecule has 1 aromatic carbocycles. The molecule has 8 nitrogen and oxygen atoms in total. The molecule has 1 saturated heterocycles. The highest BCUT2D eigenvalue weighted by Crippen LogP contribution is 2.32. The molecular formula is C20H26N6O2. The number of hydrogen-bond donors (Lipinski definition) is 0. The molecule has 2 aromatic rings. The molecule has 1 saturated carbocycles. The van der Waals surface area contributed by atoms with Gasteiger partial charge >= 0.3 is 0 Å². The lowest BCUT2D eigenvalue weighted by Crippen LogP contribution is -2.51. The van der Waals surface area contributed by atoms with Gasteiger partial charge in [0.2, 0.25) is 5.91 Å². The Bertz CT molecular complexity index is 791. The Morgan fingerprint density at radius 3 is 2.25 bits per heavy atom. The summed E-state index contributed by atoms with van der Waals surface area (Å²) in [4.78, 5) is 28.7. The van der Waals surface area contributed by atoms with Crippen LogP contribution in [0.1, 0.15) is 53.9 Å². The number of aromatic nitrogens is 4. The van der Waals surface area contributed by atoms with E-state index in [4.69, 9.17) is 0 Å². The fraction of sp³-hybridized carbons (Fsp3) is 0.550. The number of nitrogens with zero attached hydrogens (tertiary/aromatic N) is 6. The van der Waals surface area contributed by atoms with Crippen LogP contribution >= 0.6 is 0 Å². The van der Waals surface area contributed by atoms with Crippen molar-refractivity contribution < 1.29 is 9.59 Å². The van der Waals surface area contributed by atoms with Crippen molar-refractivity contribution in [1.82, 2.24) is 30.0 Å². The van der Waals surface area contributed by atoms with E-state index in [1.807, 2.05) is 17.0 Å². The van der Waals surface area contributed by atoms with E-state index >= 15 is 0 Å². The molecule has 4 rings (SSSR count). The van der Waals surface area contributed by atoms with E-state index in [-0.39, 0.29) is 18.4 Å². The van der Waals surface area contributed by atoms with Crippen molar-refractivity contribution in [2.24, 2.45) is 0 Å². The second-order valence-corrected chi connectivity index (χ2v) is 7.64. The van der Waals surface area contributed by atoms with Gasteiger partial charge in [-0.15, -0.1) is 5.10 Å². The molecule has 148 valence electrons. The van der Waals surface area contributed by atoms with Gasteiger partial charge in [-0.25, -0.2) is 4.68 Å². The summed E-state index contributed by atoms with van der Waals surface area (Å²) < 4.78 is 1.41. The first kappa shape index (κ1) is 18.6. The maximum Gasteiger partial charge on any atom is 0.253 e. The van der Waals surface area contributed by atoms with Gasteiger partial charge in [0.1, 0.15) is 12.9 Å². The lowest BCUT2D eigenvalue weighted by Gasteiger charge is -2.34. The van der Waals surface area contributed by atoms with E-state index in [1.165, 1.54) is 48.7 Å². The number of benzene rings is 1. The van der Waals surface area contributed by atoms with Crippen LogP contribution in [0.25, 0.3) is 0 Å². The molecule has 1 aliphatic carbocycles. The highest BCUT2D eigenvalue weighted by Gasteiger charge is 2.25. The highest BCUT2D eigenvalue weighted by atomic mass is 16.2. The van der Waals surface area contributed by atoms with E-state index in [0.717, 1.165) is 5.56 Å². The van der Waals surface area contributed by atoms with Crippen LogP contribution in [0.4, 0.5) is 0 Å². The monoisotopic (exact) mass is 382 g/mol. The predicted molar refractivity (Wildman–Crippen MR) is 103 cm³/mol. The molecule has 0 radical (unpaired) electrons. The standard InChI is InChI=1S/C20H26N6O2/c27-19(14-26-15-21-22-23-26)24-10-12-25(13-11-24)20(28)18-8-6-17(7-9-18)16-4-2-1-3-5-16/h6-9,15-16H,1-5,10-14H2. The summed E-state index contributed by atoms with van der Waals surface area (Å²) in [6.07, 6.45) is 7.90. The minimum absolute atomic E-state index is 0.0313. The molecule has 28 heavy (non-hydrogen) atoms. The normalized spacial score (nSPS) is 18.3. The van der Waals surface area contributed by atoms with Crippen LogP contribution in [0.15, 0.2) is 30.6 Å². The first-order valence-electron chi connectivity index (χ1n) is 10.1. The van der Waals surface area contributed by atoms with E-state index in [9.17, 15) is 9.59 Å². The average molecular weight is 382 g/mol. The van der Waals surface area contributed by atoms with Gasteiger partial charge in [0.25, 0.3) is 5.91 Å². The Labute approximate surface area is 164 Å².